The molecule has 0 saturated carbocycles. The van der Waals surface area contributed by atoms with Crippen LogP contribution in [0.5, 0.6) is 11.5 Å². The number of ether oxygens (including phenoxy) is 1. The van der Waals surface area contributed by atoms with Crippen molar-refractivity contribution in [2.24, 2.45) is 5.10 Å². The number of hydrogen-bond donors (Lipinski definition) is 3. The Morgan fingerprint density at radius 1 is 1.32 bits per heavy atom. The smallest absolute Gasteiger partial charge is 0.339 e. The van der Waals surface area contributed by atoms with E-state index < -0.39 is 6.03 Å². The Balaban J connectivity index is 1.98. The zero-order valence-corrected chi connectivity index (χ0v) is 12.5. The number of amides is 2. The van der Waals surface area contributed by atoms with Crippen LogP contribution in [0.25, 0.3) is 0 Å². The minimum absolute atomic E-state index is 0.134. The van der Waals surface area contributed by atoms with Gasteiger partial charge in [0.1, 0.15) is 0 Å². The Morgan fingerprint density at radius 2 is 2.05 bits per heavy atom. The summed E-state index contributed by atoms with van der Waals surface area (Å²) in [5.74, 6) is 0.0822. The van der Waals surface area contributed by atoms with E-state index in [4.69, 9.17) is 16.3 Å². The summed E-state index contributed by atoms with van der Waals surface area (Å²) in [5, 5.41) is 16.2. The van der Waals surface area contributed by atoms with Gasteiger partial charge in [0, 0.05) is 5.69 Å². The minimum atomic E-state index is -0.473. The van der Waals surface area contributed by atoms with E-state index in [1.165, 1.54) is 19.4 Å². The molecular weight excluding hydrogens is 306 g/mol. The van der Waals surface area contributed by atoms with E-state index in [1.807, 2.05) is 18.2 Å². The number of benzene rings is 2. The van der Waals surface area contributed by atoms with E-state index in [0.717, 1.165) is 0 Å². The van der Waals surface area contributed by atoms with Gasteiger partial charge in [0.05, 0.1) is 18.3 Å². The van der Waals surface area contributed by atoms with Gasteiger partial charge < -0.3 is 15.2 Å². The molecule has 0 aliphatic carbocycles. The van der Waals surface area contributed by atoms with Gasteiger partial charge in [0.15, 0.2) is 11.5 Å². The van der Waals surface area contributed by atoms with Crippen molar-refractivity contribution in [3.8, 4) is 11.5 Å². The largest absolute Gasteiger partial charge is 0.503 e. The lowest BCUT2D eigenvalue weighted by atomic mass is 10.2. The van der Waals surface area contributed by atoms with Crippen LogP contribution in [0, 0.1) is 0 Å². The van der Waals surface area contributed by atoms with Gasteiger partial charge in [-0.3, -0.25) is 0 Å². The predicted molar refractivity (Wildman–Crippen MR) is 85.9 cm³/mol. The van der Waals surface area contributed by atoms with Gasteiger partial charge in [0.25, 0.3) is 0 Å². The molecule has 6 nitrogen and oxygen atoms in total. The lowest BCUT2D eigenvalue weighted by molar-refractivity contribution is 0.252. The summed E-state index contributed by atoms with van der Waals surface area (Å²) in [6, 6.07) is 11.6. The SMILES string of the molecule is COc1cc(/C=N/NC(=O)Nc2ccccc2)cc(Cl)c1O. The second-order valence-corrected chi connectivity index (χ2v) is 4.65. The number of carbonyl (C=O) groups is 1. The molecule has 2 amide bonds. The summed E-state index contributed by atoms with van der Waals surface area (Å²) >= 11 is 5.86. The molecule has 0 spiro atoms. The van der Waals surface area contributed by atoms with Crippen molar-refractivity contribution >= 4 is 29.5 Å². The Morgan fingerprint density at radius 3 is 2.73 bits per heavy atom. The molecule has 0 aromatic heterocycles. The normalized spacial score (nSPS) is 10.5. The van der Waals surface area contributed by atoms with Crippen LogP contribution < -0.4 is 15.5 Å². The lowest BCUT2D eigenvalue weighted by Gasteiger charge is -2.06. The number of hydrazone groups is 1. The first-order valence-electron chi connectivity index (χ1n) is 6.31. The molecule has 0 atom stereocenters. The van der Waals surface area contributed by atoms with E-state index in [0.29, 0.717) is 11.3 Å². The van der Waals surface area contributed by atoms with Crippen LogP contribution in [0.3, 0.4) is 0 Å². The highest BCUT2D eigenvalue weighted by Gasteiger charge is 2.07. The number of methoxy groups -OCH3 is 1. The summed E-state index contributed by atoms with van der Waals surface area (Å²) in [6.07, 6.45) is 1.39. The van der Waals surface area contributed by atoms with E-state index >= 15 is 0 Å². The Labute approximate surface area is 132 Å². The van der Waals surface area contributed by atoms with Crippen molar-refractivity contribution in [1.82, 2.24) is 5.43 Å². The fraction of sp³-hybridized carbons (Fsp3) is 0.0667. The van der Waals surface area contributed by atoms with E-state index in [2.05, 4.69) is 15.8 Å². The molecule has 2 aromatic carbocycles. The van der Waals surface area contributed by atoms with E-state index in [9.17, 15) is 9.90 Å². The van der Waals surface area contributed by atoms with Gasteiger partial charge >= 0.3 is 6.03 Å². The lowest BCUT2D eigenvalue weighted by Crippen LogP contribution is -2.24. The van der Waals surface area contributed by atoms with E-state index in [-0.39, 0.29) is 16.5 Å². The van der Waals surface area contributed by atoms with Gasteiger partial charge in [-0.05, 0) is 29.8 Å². The summed E-state index contributed by atoms with van der Waals surface area (Å²) < 4.78 is 4.98. The molecule has 0 saturated heterocycles. The molecule has 2 aromatic rings. The summed E-state index contributed by atoms with van der Waals surface area (Å²) in [7, 11) is 1.41. The van der Waals surface area contributed by atoms with Crippen molar-refractivity contribution in [3.63, 3.8) is 0 Å². The van der Waals surface area contributed by atoms with Gasteiger partial charge in [0.2, 0.25) is 0 Å². The Bertz CT molecular complexity index is 690. The van der Waals surface area contributed by atoms with Crippen LogP contribution in [-0.2, 0) is 0 Å². The molecule has 0 heterocycles. The Kier molecular flexibility index (Phi) is 5.21. The van der Waals surface area contributed by atoms with Crippen LogP contribution >= 0.6 is 11.6 Å². The summed E-state index contributed by atoms with van der Waals surface area (Å²) in [6.45, 7) is 0. The molecule has 3 N–H and O–H groups in total. The number of urea groups is 1. The molecule has 0 aliphatic heterocycles. The zero-order chi connectivity index (χ0) is 15.9. The third-order valence-corrected chi connectivity index (χ3v) is 2.97. The number of halogens is 1. The van der Waals surface area contributed by atoms with Crippen molar-refractivity contribution in [2.45, 2.75) is 0 Å². The first-order chi connectivity index (χ1) is 10.6. The number of rotatable bonds is 4. The number of nitrogens with one attached hydrogen (secondary N) is 2. The van der Waals surface area contributed by atoms with Crippen LogP contribution in [0.1, 0.15) is 5.56 Å². The average Bonchev–Trinajstić information content (AvgIpc) is 2.51. The molecule has 0 bridgehead atoms. The first-order valence-corrected chi connectivity index (χ1v) is 6.69. The van der Waals surface area contributed by atoms with Crippen molar-refractivity contribution in [1.29, 1.82) is 0 Å². The maximum Gasteiger partial charge on any atom is 0.339 e. The third-order valence-electron chi connectivity index (χ3n) is 2.68. The number of carbonyl (C=O) groups excluding carboxylic acids is 1. The number of nitrogens with zero attached hydrogens (tertiary/aromatic N) is 1. The highest BCUT2D eigenvalue weighted by atomic mass is 35.5. The van der Waals surface area contributed by atoms with Gasteiger partial charge in [-0.2, -0.15) is 5.10 Å². The van der Waals surface area contributed by atoms with Gasteiger partial charge in [-0.15, -0.1) is 0 Å². The number of anilines is 1. The average molecular weight is 320 g/mol. The van der Waals surface area contributed by atoms with Gasteiger partial charge in [-0.25, -0.2) is 10.2 Å². The minimum Gasteiger partial charge on any atom is -0.503 e. The summed E-state index contributed by atoms with van der Waals surface area (Å²) in [4.78, 5) is 11.6. The maximum atomic E-state index is 11.6. The standard InChI is InChI=1S/C15H14ClN3O3/c1-22-13-8-10(7-12(16)14(13)20)9-17-19-15(21)18-11-5-3-2-4-6-11/h2-9,20H,1H3,(H2,18,19,21)/b17-9+. The molecule has 0 radical (unpaired) electrons. The van der Waals surface area contributed by atoms with Crippen LogP contribution in [0.15, 0.2) is 47.6 Å². The van der Waals surface area contributed by atoms with Crippen molar-refractivity contribution in [2.75, 3.05) is 12.4 Å². The second kappa shape index (κ2) is 7.33. The number of aromatic hydroxyl groups is 1. The molecule has 7 heteroatoms. The highest BCUT2D eigenvalue weighted by molar-refractivity contribution is 6.32. The molecule has 0 aliphatic rings. The van der Waals surface area contributed by atoms with Crippen LogP contribution in [0.4, 0.5) is 10.5 Å². The fourth-order valence-electron chi connectivity index (χ4n) is 1.67. The molecule has 22 heavy (non-hydrogen) atoms. The van der Waals surface area contributed by atoms with Gasteiger partial charge in [-0.1, -0.05) is 29.8 Å². The molecule has 0 unspecified atom stereocenters. The topological polar surface area (TPSA) is 83.0 Å². The van der Waals surface area contributed by atoms with Crippen LogP contribution in [-0.4, -0.2) is 24.5 Å². The molecular formula is C15H14ClN3O3. The third kappa shape index (κ3) is 4.13. The number of phenolic OH excluding ortho intramolecular Hbond substituents is 1. The zero-order valence-electron chi connectivity index (χ0n) is 11.7. The number of para-hydroxylation sites is 1. The monoisotopic (exact) mass is 319 g/mol. The van der Waals surface area contributed by atoms with Crippen molar-refractivity contribution < 1.29 is 14.6 Å². The molecule has 2 rings (SSSR count). The fourth-order valence-corrected chi connectivity index (χ4v) is 1.89. The maximum absolute atomic E-state index is 11.6. The van der Waals surface area contributed by atoms with E-state index in [1.54, 1.807) is 18.2 Å². The highest BCUT2D eigenvalue weighted by Crippen LogP contribution is 2.34. The quantitative estimate of drug-likeness (QED) is 0.597. The first kappa shape index (κ1) is 15.7. The summed E-state index contributed by atoms with van der Waals surface area (Å²) in [5.41, 5.74) is 3.55. The van der Waals surface area contributed by atoms with Crippen molar-refractivity contribution in [3.05, 3.63) is 53.1 Å². The van der Waals surface area contributed by atoms with Crippen LogP contribution in [0.2, 0.25) is 5.02 Å². The number of hydrogen-bond acceptors (Lipinski definition) is 4. The predicted octanol–water partition coefficient (Wildman–Crippen LogP) is 3.21. The number of phenols is 1. The second-order valence-electron chi connectivity index (χ2n) is 4.24. The molecule has 0 fully saturated rings. The molecule has 114 valence electrons. The Hall–Kier alpha value is -2.73.